The SMILES string of the molecule is CN(C(=O)c1cccs1)C(Cc1ccccc1)C1CCN(C(=O)c2ccc[n+]([O-])c2)CC1. The second kappa shape index (κ2) is 9.96. The fraction of sp³-hybridized carbons (Fsp3) is 0.320. The van der Waals surface area contributed by atoms with Gasteiger partial charge >= 0.3 is 0 Å². The van der Waals surface area contributed by atoms with Crippen LogP contribution in [-0.2, 0) is 6.42 Å². The molecule has 0 aliphatic carbocycles. The van der Waals surface area contributed by atoms with Crippen LogP contribution in [0, 0.1) is 11.1 Å². The predicted molar refractivity (Wildman–Crippen MR) is 124 cm³/mol. The molecule has 166 valence electrons. The summed E-state index contributed by atoms with van der Waals surface area (Å²) >= 11 is 1.46. The van der Waals surface area contributed by atoms with Gasteiger partial charge in [-0.2, -0.15) is 4.73 Å². The molecule has 32 heavy (non-hydrogen) atoms. The third-order valence-electron chi connectivity index (χ3n) is 6.23. The summed E-state index contributed by atoms with van der Waals surface area (Å²) in [6.45, 7) is 1.23. The van der Waals surface area contributed by atoms with Gasteiger partial charge in [0.05, 0.1) is 4.88 Å². The average molecular weight is 450 g/mol. The zero-order valence-corrected chi connectivity index (χ0v) is 18.9. The van der Waals surface area contributed by atoms with Gasteiger partial charge in [-0.15, -0.1) is 11.3 Å². The molecule has 0 radical (unpaired) electrons. The normalized spacial score (nSPS) is 15.3. The molecule has 1 atom stereocenters. The van der Waals surface area contributed by atoms with Crippen LogP contribution >= 0.6 is 11.3 Å². The summed E-state index contributed by atoms with van der Waals surface area (Å²) in [5, 5.41) is 13.5. The monoisotopic (exact) mass is 449 g/mol. The molecule has 2 aromatic heterocycles. The molecule has 0 bridgehead atoms. The Hall–Kier alpha value is -3.19. The quantitative estimate of drug-likeness (QED) is 0.426. The molecule has 1 aromatic carbocycles. The highest BCUT2D eigenvalue weighted by Gasteiger charge is 2.33. The van der Waals surface area contributed by atoms with E-state index in [0.29, 0.717) is 23.4 Å². The van der Waals surface area contributed by atoms with Crippen molar-refractivity contribution in [2.75, 3.05) is 20.1 Å². The van der Waals surface area contributed by atoms with Crippen LogP contribution in [0.5, 0.6) is 0 Å². The van der Waals surface area contributed by atoms with Crippen molar-refractivity contribution in [1.29, 1.82) is 0 Å². The van der Waals surface area contributed by atoms with Gasteiger partial charge in [-0.3, -0.25) is 9.59 Å². The number of hydrogen-bond acceptors (Lipinski definition) is 4. The van der Waals surface area contributed by atoms with E-state index in [4.69, 9.17) is 0 Å². The zero-order chi connectivity index (χ0) is 22.5. The van der Waals surface area contributed by atoms with Crippen molar-refractivity contribution in [3.8, 4) is 0 Å². The summed E-state index contributed by atoms with van der Waals surface area (Å²) in [5.74, 6) is 0.216. The molecule has 7 heteroatoms. The van der Waals surface area contributed by atoms with Crippen LogP contribution in [0.1, 0.15) is 38.4 Å². The van der Waals surface area contributed by atoms with Crippen molar-refractivity contribution < 1.29 is 14.3 Å². The minimum Gasteiger partial charge on any atom is -0.619 e. The number of likely N-dealkylation sites (N-methyl/N-ethyl adjacent to an activating group) is 1. The van der Waals surface area contributed by atoms with Crippen molar-refractivity contribution in [3.63, 3.8) is 0 Å². The molecule has 1 fully saturated rings. The van der Waals surface area contributed by atoms with Crippen molar-refractivity contribution in [2.45, 2.75) is 25.3 Å². The van der Waals surface area contributed by atoms with Gasteiger partial charge in [0.2, 0.25) is 0 Å². The Labute approximate surface area is 192 Å². The molecule has 0 N–H and O–H groups in total. The van der Waals surface area contributed by atoms with Gasteiger partial charge in [-0.05, 0) is 48.3 Å². The molecule has 3 heterocycles. The first-order valence-electron chi connectivity index (χ1n) is 10.9. The molecule has 4 rings (SSSR count). The number of pyridine rings is 1. The lowest BCUT2D eigenvalue weighted by Crippen LogP contribution is -2.48. The van der Waals surface area contributed by atoms with E-state index in [1.54, 1.807) is 12.1 Å². The van der Waals surface area contributed by atoms with E-state index in [1.165, 1.54) is 29.3 Å². The van der Waals surface area contributed by atoms with E-state index >= 15 is 0 Å². The number of nitrogens with zero attached hydrogens (tertiary/aromatic N) is 3. The number of amides is 2. The number of aromatic nitrogens is 1. The molecule has 3 aromatic rings. The molecular weight excluding hydrogens is 422 g/mol. The van der Waals surface area contributed by atoms with Crippen LogP contribution in [-0.4, -0.2) is 47.8 Å². The molecule has 1 unspecified atom stereocenters. The lowest BCUT2D eigenvalue weighted by atomic mass is 9.84. The fourth-order valence-corrected chi connectivity index (χ4v) is 5.16. The molecule has 1 aliphatic rings. The maximum atomic E-state index is 13.1. The number of carbonyl (C=O) groups excluding carboxylic acids is 2. The highest BCUT2D eigenvalue weighted by atomic mass is 32.1. The van der Waals surface area contributed by atoms with Crippen LogP contribution in [0.2, 0.25) is 0 Å². The second-order valence-electron chi connectivity index (χ2n) is 8.23. The lowest BCUT2D eigenvalue weighted by Gasteiger charge is -2.40. The maximum absolute atomic E-state index is 13.1. The Kier molecular flexibility index (Phi) is 6.85. The predicted octanol–water partition coefficient (Wildman–Crippen LogP) is 3.62. The van der Waals surface area contributed by atoms with E-state index in [1.807, 2.05) is 52.6 Å². The molecule has 2 amide bonds. The van der Waals surface area contributed by atoms with Crippen molar-refractivity contribution in [3.05, 3.63) is 93.6 Å². The van der Waals surface area contributed by atoms with Crippen LogP contribution in [0.3, 0.4) is 0 Å². The van der Waals surface area contributed by atoms with Crippen LogP contribution in [0.4, 0.5) is 0 Å². The molecule has 6 nitrogen and oxygen atoms in total. The van der Waals surface area contributed by atoms with Gasteiger partial charge in [0.25, 0.3) is 11.8 Å². The van der Waals surface area contributed by atoms with E-state index in [-0.39, 0.29) is 23.8 Å². The first-order valence-corrected chi connectivity index (χ1v) is 11.7. The second-order valence-corrected chi connectivity index (χ2v) is 9.18. The fourth-order valence-electron chi connectivity index (χ4n) is 4.45. The van der Waals surface area contributed by atoms with Crippen LogP contribution in [0.25, 0.3) is 0 Å². The lowest BCUT2D eigenvalue weighted by molar-refractivity contribution is -0.605. The van der Waals surface area contributed by atoms with Crippen molar-refractivity contribution in [1.82, 2.24) is 9.80 Å². The summed E-state index contributed by atoms with van der Waals surface area (Å²) in [6.07, 6.45) is 5.10. The Bertz CT molecular complexity index is 1050. The highest BCUT2D eigenvalue weighted by Crippen LogP contribution is 2.28. The maximum Gasteiger partial charge on any atom is 0.263 e. The van der Waals surface area contributed by atoms with Crippen molar-refractivity contribution >= 4 is 23.2 Å². The molecule has 1 aliphatic heterocycles. The minimum absolute atomic E-state index is 0.0451. The Balaban J connectivity index is 1.48. The van der Waals surface area contributed by atoms with Gasteiger partial charge in [0.1, 0.15) is 5.56 Å². The van der Waals surface area contributed by atoms with Gasteiger partial charge in [0.15, 0.2) is 12.4 Å². The first kappa shape index (κ1) is 22.0. The van der Waals surface area contributed by atoms with Crippen molar-refractivity contribution in [2.24, 2.45) is 5.92 Å². The highest BCUT2D eigenvalue weighted by molar-refractivity contribution is 7.12. The summed E-state index contributed by atoms with van der Waals surface area (Å²) in [7, 11) is 1.89. The summed E-state index contributed by atoms with van der Waals surface area (Å²) in [5.41, 5.74) is 1.61. The number of thiophene rings is 1. The smallest absolute Gasteiger partial charge is 0.263 e. The molecule has 0 spiro atoms. The third-order valence-corrected chi connectivity index (χ3v) is 7.09. The number of carbonyl (C=O) groups is 2. The Morgan fingerprint density at radius 2 is 1.88 bits per heavy atom. The third kappa shape index (κ3) is 4.99. The van der Waals surface area contributed by atoms with Gasteiger partial charge in [-0.1, -0.05) is 36.4 Å². The summed E-state index contributed by atoms with van der Waals surface area (Å²) in [6, 6.07) is 17.3. The number of rotatable bonds is 6. The summed E-state index contributed by atoms with van der Waals surface area (Å²) < 4.78 is 0.654. The zero-order valence-electron chi connectivity index (χ0n) is 18.1. The standard InChI is InChI=1S/C25H27N3O3S/c1-26(25(30)23-10-6-16-32-23)22(17-19-7-3-2-4-8-19)20-11-14-27(15-12-20)24(29)21-9-5-13-28(31)18-21/h2-10,13,16,18,20,22H,11-12,14-15,17H2,1H3. The van der Waals surface area contributed by atoms with E-state index in [0.717, 1.165) is 24.1 Å². The van der Waals surface area contributed by atoms with E-state index in [9.17, 15) is 14.8 Å². The largest absolute Gasteiger partial charge is 0.619 e. The topological polar surface area (TPSA) is 67.6 Å². The van der Waals surface area contributed by atoms with Gasteiger partial charge in [-0.25, -0.2) is 0 Å². The number of piperidine rings is 1. The first-order chi connectivity index (χ1) is 15.5. The van der Waals surface area contributed by atoms with Gasteiger partial charge in [0, 0.05) is 32.2 Å². The van der Waals surface area contributed by atoms with E-state index < -0.39 is 0 Å². The Morgan fingerprint density at radius 1 is 1.12 bits per heavy atom. The molecule has 1 saturated heterocycles. The number of likely N-dealkylation sites (tertiary alicyclic amines) is 1. The average Bonchev–Trinajstić information content (AvgIpc) is 3.37. The van der Waals surface area contributed by atoms with E-state index in [2.05, 4.69) is 12.1 Å². The van der Waals surface area contributed by atoms with Gasteiger partial charge < -0.3 is 15.0 Å². The van der Waals surface area contributed by atoms with Crippen LogP contribution in [0.15, 0.2) is 72.4 Å². The molecule has 0 saturated carbocycles. The summed E-state index contributed by atoms with van der Waals surface area (Å²) in [4.78, 5) is 30.4. The Morgan fingerprint density at radius 3 is 2.53 bits per heavy atom. The van der Waals surface area contributed by atoms with Crippen LogP contribution < -0.4 is 4.73 Å². The minimum atomic E-state index is -0.115. The molecular formula is C25H27N3O3S. The number of hydrogen-bond donors (Lipinski definition) is 0. The number of benzene rings is 1.